The molecule has 11 heteroatoms. The molecule has 42 heavy (non-hydrogen) atoms. The number of fused-ring (bicyclic) bond motifs is 1. The first-order valence-electron chi connectivity index (χ1n) is 14.5. The van der Waals surface area contributed by atoms with Crippen molar-refractivity contribution in [2.75, 3.05) is 31.6 Å². The predicted molar refractivity (Wildman–Crippen MR) is 162 cm³/mol. The Morgan fingerprint density at radius 3 is 2.64 bits per heavy atom. The number of thiazole rings is 1. The van der Waals surface area contributed by atoms with Crippen molar-refractivity contribution in [3.63, 3.8) is 0 Å². The van der Waals surface area contributed by atoms with Gasteiger partial charge in [0.2, 0.25) is 5.91 Å². The number of hydrogen-bond acceptors (Lipinski definition) is 9. The Morgan fingerprint density at radius 1 is 1.07 bits per heavy atom. The minimum atomic E-state index is -0.0325. The largest absolute Gasteiger partial charge is 0.373 e. The lowest BCUT2D eigenvalue weighted by atomic mass is 9.78. The maximum Gasteiger partial charge on any atom is 0.272 e. The van der Waals surface area contributed by atoms with Crippen LogP contribution in [0.5, 0.6) is 0 Å². The number of anilines is 1. The summed E-state index contributed by atoms with van der Waals surface area (Å²) in [5, 5.41) is 3.67. The van der Waals surface area contributed by atoms with Gasteiger partial charge >= 0.3 is 0 Å². The van der Waals surface area contributed by atoms with Gasteiger partial charge in [0.05, 0.1) is 10.2 Å². The lowest BCUT2D eigenvalue weighted by Crippen LogP contribution is -2.60. The van der Waals surface area contributed by atoms with Crippen LogP contribution in [0.15, 0.2) is 55.0 Å². The molecule has 1 atom stereocenters. The number of pyridine rings is 1. The number of ether oxygens (including phenoxy) is 1. The number of benzene rings is 1. The fourth-order valence-corrected chi connectivity index (χ4v) is 6.58. The Hall–Kier alpha value is -3.80. The van der Waals surface area contributed by atoms with Crippen LogP contribution in [-0.4, -0.2) is 79.9 Å². The molecule has 4 aromatic rings. The summed E-state index contributed by atoms with van der Waals surface area (Å²) in [6.45, 7) is 7.48. The number of hydrogen-bond donors (Lipinski definition) is 1. The van der Waals surface area contributed by atoms with E-state index >= 15 is 0 Å². The van der Waals surface area contributed by atoms with Crippen LogP contribution < -0.4 is 5.32 Å². The van der Waals surface area contributed by atoms with Crippen molar-refractivity contribution in [3.05, 3.63) is 66.5 Å². The number of rotatable bonds is 9. The molecular formula is C31H35N7O3S. The van der Waals surface area contributed by atoms with Crippen molar-refractivity contribution < 1.29 is 14.3 Å². The molecule has 1 saturated carbocycles. The average Bonchev–Trinajstić information content (AvgIpc) is 3.39. The molecular weight excluding hydrogens is 550 g/mol. The van der Waals surface area contributed by atoms with Crippen molar-refractivity contribution in [1.82, 2.24) is 29.7 Å². The average molecular weight is 586 g/mol. The molecule has 218 valence electrons. The fraction of sp³-hybridized carbons (Fsp3) is 0.419. The van der Waals surface area contributed by atoms with Crippen molar-refractivity contribution in [2.45, 2.75) is 51.8 Å². The summed E-state index contributed by atoms with van der Waals surface area (Å²) in [5.41, 5.74) is 3.26. The predicted octanol–water partition coefficient (Wildman–Crippen LogP) is 4.64. The van der Waals surface area contributed by atoms with Gasteiger partial charge in [-0.1, -0.05) is 30.4 Å². The van der Waals surface area contributed by atoms with Gasteiger partial charge in [0, 0.05) is 68.4 Å². The van der Waals surface area contributed by atoms with Crippen LogP contribution in [0, 0.1) is 5.92 Å². The van der Waals surface area contributed by atoms with Gasteiger partial charge in [-0.15, -0.1) is 0 Å². The summed E-state index contributed by atoms with van der Waals surface area (Å²) in [6, 6.07) is 12.0. The van der Waals surface area contributed by atoms with Gasteiger partial charge in [0.15, 0.2) is 11.0 Å². The third-order valence-electron chi connectivity index (χ3n) is 8.04. The van der Waals surface area contributed by atoms with E-state index in [1.807, 2.05) is 41.6 Å². The topological polar surface area (TPSA) is 113 Å². The highest BCUT2D eigenvalue weighted by Crippen LogP contribution is 2.36. The molecule has 2 aliphatic rings. The van der Waals surface area contributed by atoms with Crippen LogP contribution in [0.2, 0.25) is 0 Å². The quantitative estimate of drug-likeness (QED) is 0.283. The molecule has 0 unspecified atom stereocenters. The van der Waals surface area contributed by atoms with E-state index in [-0.39, 0.29) is 23.8 Å². The molecule has 0 spiro atoms. The van der Waals surface area contributed by atoms with E-state index in [1.54, 1.807) is 12.3 Å². The van der Waals surface area contributed by atoms with Crippen LogP contribution in [-0.2, 0) is 16.1 Å². The van der Waals surface area contributed by atoms with E-state index in [0.717, 1.165) is 47.2 Å². The molecule has 0 radical (unpaired) electrons. The lowest BCUT2D eigenvalue weighted by Gasteiger charge is -2.49. The van der Waals surface area contributed by atoms with Gasteiger partial charge in [0.1, 0.15) is 12.3 Å². The maximum absolute atomic E-state index is 13.0. The summed E-state index contributed by atoms with van der Waals surface area (Å²) in [5.74, 6) is 0.642. The lowest BCUT2D eigenvalue weighted by molar-refractivity contribution is -0.125. The second-order valence-electron chi connectivity index (χ2n) is 11.0. The first-order valence-corrected chi connectivity index (χ1v) is 15.4. The van der Waals surface area contributed by atoms with E-state index < -0.39 is 0 Å². The minimum absolute atomic E-state index is 0.0185. The molecule has 1 saturated heterocycles. The summed E-state index contributed by atoms with van der Waals surface area (Å²) in [4.78, 5) is 47.9. The van der Waals surface area contributed by atoms with Gasteiger partial charge in [-0.25, -0.2) is 15.0 Å². The fourth-order valence-electron chi connectivity index (χ4n) is 5.67. The van der Waals surface area contributed by atoms with Crippen LogP contribution in [0.25, 0.3) is 21.3 Å². The van der Waals surface area contributed by atoms with Crippen LogP contribution in [0.4, 0.5) is 5.13 Å². The Morgan fingerprint density at radius 2 is 1.90 bits per heavy atom. The second-order valence-corrected chi connectivity index (χ2v) is 12.0. The standard InChI is InChI=1S/C31H35N7O3S/c1-3-12-41-19-28-33-16-23(17-34-28)21-7-8-25-27(15-21)42-31(35-25)36-29(39)22-13-24(14-22)38-11-10-37(18-20(38)2)30(40)26-6-4-5-9-32-26/h4-9,15-17,20,22,24H,3,10-14,18-19H2,1-2H3,(H,35,36,39)/t20-,22?,24?/m0/s1. The van der Waals surface area contributed by atoms with Gasteiger partial charge in [-0.05, 0) is 56.0 Å². The van der Waals surface area contributed by atoms with Crippen LogP contribution in [0.1, 0.15) is 49.4 Å². The Balaban J connectivity index is 1.01. The summed E-state index contributed by atoms with van der Waals surface area (Å²) >= 11 is 1.48. The third-order valence-corrected chi connectivity index (χ3v) is 8.97. The second kappa shape index (κ2) is 12.6. The van der Waals surface area contributed by atoms with E-state index in [0.29, 0.717) is 49.0 Å². The molecule has 1 aromatic carbocycles. The molecule has 3 aromatic heterocycles. The van der Waals surface area contributed by atoms with Gasteiger partial charge in [-0.3, -0.25) is 19.5 Å². The molecule has 4 heterocycles. The van der Waals surface area contributed by atoms with E-state index in [1.165, 1.54) is 11.3 Å². The molecule has 2 fully saturated rings. The monoisotopic (exact) mass is 585 g/mol. The number of carbonyl (C=O) groups excluding carboxylic acids is 2. The Labute approximate surface area is 249 Å². The molecule has 1 aliphatic carbocycles. The number of piperazine rings is 1. The molecule has 6 rings (SSSR count). The smallest absolute Gasteiger partial charge is 0.272 e. The Kier molecular flexibility index (Phi) is 8.50. The Bertz CT molecular complexity index is 1540. The minimum Gasteiger partial charge on any atom is -0.373 e. The highest BCUT2D eigenvalue weighted by molar-refractivity contribution is 7.22. The number of amides is 2. The number of nitrogens with zero attached hydrogens (tertiary/aromatic N) is 6. The van der Waals surface area contributed by atoms with E-state index in [9.17, 15) is 9.59 Å². The molecule has 10 nitrogen and oxygen atoms in total. The zero-order chi connectivity index (χ0) is 29.1. The number of carbonyl (C=O) groups is 2. The number of nitrogens with one attached hydrogen (secondary N) is 1. The van der Waals surface area contributed by atoms with Crippen molar-refractivity contribution >= 4 is 38.5 Å². The SMILES string of the molecule is CCCOCc1ncc(-c2ccc3nc(NC(=O)C4CC(N5CCN(C(=O)c6ccccn6)C[C@@H]5C)C4)sc3c2)cn1. The van der Waals surface area contributed by atoms with Gasteiger partial charge < -0.3 is 15.0 Å². The summed E-state index contributed by atoms with van der Waals surface area (Å²) in [7, 11) is 0. The maximum atomic E-state index is 13.0. The van der Waals surface area contributed by atoms with Gasteiger partial charge in [0.25, 0.3) is 5.91 Å². The van der Waals surface area contributed by atoms with Crippen molar-refractivity contribution in [2.24, 2.45) is 5.92 Å². The summed E-state index contributed by atoms with van der Waals surface area (Å²) < 4.78 is 6.52. The normalized spacial score (nSPS) is 20.8. The third kappa shape index (κ3) is 6.18. The van der Waals surface area contributed by atoms with Crippen LogP contribution >= 0.6 is 11.3 Å². The highest BCUT2D eigenvalue weighted by Gasteiger charge is 2.41. The van der Waals surface area contributed by atoms with E-state index in [2.05, 4.69) is 50.1 Å². The van der Waals surface area contributed by atoms with Crippen LogP contribution in [0.3, 0.4) is 0 Å². The van der Waals surface area contributed by atoms with E-state index in [4.69, 9.17) is 4.74 Å². The van der Waals surface area contributed by atoms with Gasteiger partial charge in [-0.2, -0.15) is 0 Å². The zero-order valence-corrected chi connectivity index (χ0v) is 24.7. The molecule has 0 bridgehead atoms. The van der Waals surface area contributed by atoms with Crippen molar-refractivity contribution in [3.8, 4) is 11.1 Å². The first kappa shape index (κ1) is 28.3. The molecule has 2 amide bonds. The van der Waals surface area contributed by atoms with Crippen molar-refractivity contribution in [1.29, 1.82) is 0 Å². The zero-order valence-electron chi connectivity index (χ0n) is 23.9. The highest BCUT2D eigenvalue weighted by atomic mass is 32.1. The molecule has 1 aliphatic heterocycles. The molecule has 1 N–H and O–H groups in total. The summed E-state index contributed by atoms with van der Waals surface area (Å²) in [6.07, 6.45) is 7.88. The first-order chi connectivity index (χ1) is 20.5. The number of aromatic nitrogens is 4.